The van der Waals surface area contributed by atoms with E-state index in [1.807, 2.05) is 12.1 Å². The van der Waals surface area contributed by atoms with Crippen molar-refractivity contribution in [2.45, 2.75) is 18.8 Å². The molecule has 1 aromatic carbocycles. The van der Waals surface area contributed by atoms with E-state index in [9.17, 15) is 4.79 Å². The molecule has 1 amide bonds. The van der Waals surface area contributed by atoms with Crippen LogP contribution in [-0.4, -0.2) is 50.1 Å². The van der Waals surface area contributed by atoms with Gasteiger partial charge in [-0.3, -0.25) is 4.79 Å². The molecule has 6 heteroatoms. The number of halogens is 2. The Hall–Kier alpha value is -0.810. The second-order valence-corrected chi connectivity index (χ2v) is 7.19. The van der Waals surface area contributed by atoms with E-state index >= 15 is 0 Å². The molecule has 2 fully saturated rings. The number of nitrogens with zero attached hydrogens (tertiary/aromatic N) is 1. The molecule has 2 unspecified atom stereocenters. The van der Waals surface area contributed by atoms with Crippen molar-refractivity contribution in [2.75, 3.05) is 39.3 Å². The normalized spacial score (nSPS) is 24.4. The van der Waals surface area contributed by atoms with E-state index < -0.39 is 0 Å². The molecule has 1 aliphatic heterocycles. The van der Waals surface area contributed by atoms with Crippen LogP contribution >= 0.6 is 23.2 Å². The fourth-order valence-electron chi connectivity index (χ4n) is 3.21. The lowest BCUT2D eigenvalue weighted by Crippen LogP contribution is -2.44. The number of hydrogen-bond acceptors (Lipinski definition) is 3. The number of hydrogen-bond donors (Lipinski definition) is 2. The quantitative estimate of drug-likeness (QED) is 0.770. The Balaban J connectivity index is 1.38. The number of carbonyl (C=O) groups is 1. The van der Waals surface area contributed by atoms with E-state index in [2.05, 4.69) is 15.5 Å². The van der Waals surface area contributed by atoms with E-state index in [0.717, 1.165) is 57.7 Å². The van der Waals surface area contributed by atoms with Gasteiger partial charge in [-0.15, -0.1) is 0 Å². The fraction of sp³-hybridized carbons (Fsp3) is 0.588. The van der Waals surface area contributed by atoms with Crippen LogP contribution < -0.4 is 10.6 Å². The number of amides is 1. The van der Waals surface area contributed by atoms with Gasteiger partial charge in [0.15, 0.2) is 0 Å². The van der Waals surface area contributed by atoms with Gasteiger partial charge in [0.2, 0.25) is 5.91 Å². The third kappa shape index (κ3) is 4.60. The molecule has 0 radical (unpaired) electrons. The Bertz CT molecular complexity index is 561. The van der Waals surface area contributed by atoms with Crippen LogP contribution in [0.5, 0.6) is 0 Å². The first kappa shape index (κ1) is 17.0. The molecule has 0 bridgehead atoms. The van der Waals surface area contributed by atoms with E-state index in [1.165, 1.54) is 0 Å². The molecular formula is C17H23Cl2N3O. The summed E-state index contributed by atoms with van der Waals surface area (Å²) < 4.78 is 0. The summed E-state index contributed by atoms with van der Waals surface area (Å²) in [5.74, 6) is 0.460. The molecule has 126 valence electrons. The van der Waals surface area contributed by atoms with Crippen LogP contribution in [0.1, 0.15) is 24.3 Å². The average Bonchev–Trinajstić information content (AvgIpc) is 3.33. The molecule has 1 aromatic rings. The minimum Gasteiger partial charge on any atom is -0.356 e. The van der Waals surface area contributed by atoms with Gasteiger partial charge in [0.1, 0.15) is 0 Å². The Labute approximate surface area is 147 Å². The third-order valence-corrected chi connectivity index (χ3v) is 5.21. The van der Waals surface area contributed by atoms with Crippen LogP contribution in [-0.2, 0) is 4.79 Å². The maximum absolute atomic E-state index is 12.2. The number of benzene rings is 1. The van der Waals surface area contributed by atoms with Crippen LogP contribution in [0.3, 0.4) is 0 Å². The minimum atomic E-state index is 0.0628. The van der Waals surface area contributed by atoms with Crippen molar-refractivity contribution >= 4 is 29.1 Å². The van der Waals surface area contributed by atoms with Crippen LogP contribution in [0.4, 0.5) is 0 Å². The molecule has 1 saturated heterocycles. The summed E-state index contributed by atoms with van der Waals surface area (Å²) in [4.78, 5) is 14.7. The van der Waals surface area contributed by atoms with E-state index in [4.69, 9.17) is 23.2 Å². The first-order chi connectivity index (χ1) is 11.1. The summed E-state index contributed by atoms with van der Waals surface area (Å²) in [6.07, 6.45) is 1.88. The van der Waals surface area contributed by atoms with Gasteiger partial charge in [-0.2, -0.15) is 0 Å². The summed E-state index contributed by atoms with van der Waals surface area (Å²) in [6.45, 7) is 6.15. The van der Waals surface area contributed by atoms with Crippen LogP contribution in [0.2, 0.25) is 10.0 Å². The van der Waals surface area contributed by atoms with E-state index in [0.29, 0.717) is 10.0 Å². The molecule has 1 aliphatic carbocycles. The predicted molar refractivity (Wildman–Crippen MR) is 94.2 cm³/mol. The summed E-state index contributed by atoms with van der Waals surface area (Å²) in [6, 6.07) is 5.52. The molecule has 4 nitrogen and oxygen atoms in total. The monoisotopic (exact) mass is 355 g/mol. The van der Waals surface area contributed by atoms with Gasteiger partial charge in [0.25, 0.3) is 0 Å². The molecule has 3 rings (SSSR count). The average molecular weight is 356 g/mol. The summed E-state index contributed by atoms with van der Waals surface area (Å²) >= 11 is 12.1. The van der Waals surface area contributed by atoms with Crippen molar-refractivity contribution < 1.29 is 4.79 Å². The third-order valence-electron chi connectivity index (χ3n) is 4.65. The maximum Gasteiger partial charge on any atom is 0.223 e. The number of rotatable bonds is 6. The van der Waals surface area contributed by atoms with Gasteiger partial charge in [-0.1, -0.05) is 29.3 Å². The van der Waals surface area contributed by atoms with Crippen molar-refractivity contribution in [1.82, 2.24) is 15.5 Å². The van der Waals surface area contributed by atoms with Crippen molar-refractivity contribution in [1.29, 1.82) is 0 Å². The van der Waals surface area contributed by atoms with Gasteiger partial charge in [-0.25, -0.2) is 0 Å². The van der Waals surface area contributed by atoms with Crippen LogP contribution in [0, 0.1) is 5.92 Å². The molecule has 0 aromatic heterocycles. The fourth-order valence-corrected chi connectivity index (χ4v) is 3.76. The Morgan fingerprint density at radius 3 is 2.83 bits per heavy atom. The highest BCUT2D eigenvalue weighted by molar-refractivity contribution is 6.35. The predicted octanol–water partition coefficient (Wildman–Crippen LogP) is 2.51. The van der Waals surface area contributed by atoms with Crippen molar-refractivity contribution in [3.05, 3.63) is 33.8 Å². The van der Waals surface area contributed by atoms with Gasteiger partial charge in [0.05, 0.1) is 0 Å². The second-order valence-electron chi connectivity index (χ2n) is 6.35. The highest BCUT2D eigenvalue weighted by Gasteiger charge is 2.44. The second kappa shape index (κ2) is 7.84. The van der Waals surface area contributed by atoms with E-state index in [1.54, 1.807) is 6.07 Å². The Kier molecular flexibility index (Phi) is 5.81. The Morgan fingerprint density at radius 1 is 1.30 bits per heavy atom. The molecule has 2 N–H and O–H groups in total. The molecular weight excluding hydrogens is 333 g/mol. The van der Waals surface area contributed by atoms with Crippen molar-refractivity contribution in [2.24, 2.45) is 5.92 Å². The van der Waals surface area contributed by atoms with Gasteiger partial charge in [-0.05, 0) is 43.0 Å². The highest BCUT2D eigenvalue weighted by Crippen LogP contribution is 2.49. The lowest BCUT2D eigenvalue weighted by molar-refractivity contribution is -0.122. The zero-order valence-corrected chi connectivity index (χ0v) is 14.7. The van der Waals surface area contributed by atoms with Gasteiger partial charge in [0, 0.05) is 48.7 Å². The first-order valence-electron chi connectivity index (χ1n) is 8.31. The SMILES string of the molecule is O=C(NCCCN1CCNCC1)C1CC1c1ccc(Cl)cc1Cl. The molecule has 1 heterocycles. The molecule has 2 atom stereocenters. The van der Waals surface area contributed by atoms with E-state index in [-0.39, 0.29) is 17.7 Å². The summed E-state index contributed by atoms with van der Waals surface area (Å²) in [7, 11) is 0. The lowest BCUT2D eigenvalue weighted by atomic mass is 10.1. The lowest BCUT2D eigenvalue weighted by Gasteiger charge is -2.27. The topological polar surface area (TPSA) is 44.4 Å². The molecule has 23 heavy (non-hydrogen) atoms. The van der Waals surface area contributed by atoms with Gasteiger partial charge >= 0.3 is 0 Å². The Morgan fingerprint density at radius 2 is 2.09 bits per heavy atom. The van der Waals surface area contributed by atoms with Crippen LogP contribution in [0.15, 0.2) is 18.2 Å². The highest BCUT2D eigenvalue weighted by atomic mass is 35.5. The largest absolute Gasteiger partial charge is 0.356 e. The molecule has 2 aliphatic rings. The van der Waals surface area contributed by atoms with Gasteiger partial charge < -0.3 is 15.5 Å². The standard InChI is InChI=1S/C17H23Cl2N3O/c18-12-2-3-13(16(19)10-12)14-11-15(14)17(23)21-4-1-7-22-8-5-20-6-9-22/h2-3,10,14-15,20H,1,4-9,11H2,(H,21,23). The summed E-state index contributed by atoms with van der Waals surface area (Å²) in [5, 5.41) is 7.71. The summed E-state index contributed by atoms with van der Waals surface area (Å²) in [5.41, 5.74) is 1.04. The maximum atomic E-state index is 12.2. The first-order valence-corrected chi connectivity index (χ1v) is 9.06. The number of nitrogens with one attached hydrogen (secondary N) is 2. The number of piperazine rings is 1. The van der Waals surface area contributed by atoms with Crippen LogP contribution in [0.25, 0.3) is 0 Å². The number of carbonyl (C=O) groups excluding carboxylic acids is 1. The van der Waals surface area contributed by atoms with Crippen molar-refractivity contribution in [3.63, 3.8) is 0 Å². The molecule has 1 saturated carbocycles. The minimum absolute atomic E-state index is 0.0628. The molecule has 0 spiro atoms. The van der Waals surface area contributed by atoms with Crippen molar-refractivity contribution in [3.8, 4) is 0 Å². The zero-order chi connectivity index (χ0) is 16.2. The smallest absolute Gasteiger partial charge is 0.223 e. The zero-order valence-electron chi connectivity index (χ0n) is 13.2.